The molecular weight excluding hydrogens is 429 g/mol. The van der Waals surface area contributed by atoms with E-state index in [1.807, 2.05) is 0 Å². The Morgan fingerprint density at radius 2 is 1.97 bits per heavy atom. The number of nitrogens with one attached hydrogen (secondary N) is 1. The van der Waals surface area contributed by atoms with Crippen LogP contribution in [0.25, 0.3) is 11.4 Å². The summed E-state index contributed by atoms with van der Waals surface area (Å²) in [6, 6.07) is 7.29. The lowest BCUT2D eigenvalue weighted by Gasteiger charge is -2.11. The molecule has 1 N–H and O–H groups in total. The highest BCUT2D eigenvalue weighted by Gasteiger charge is 2.30. The van der Waals surface area contributed by atoms with E-state index in [9.17, 15) is 26.7 Å². The number of amides is 1. The summed E-state index contributed by atoms with van der Waals surface area (Å²) in [6.07, 6.45) is -4.49. The SMILES string of the molecule is CC(SCc1nc(-c2cccc(C(F)(F)F)c2)no1)C(=O)Nc1ccc(F)cc1F. The van der Waals surface area contributed by atoms with Crippen LogP contribution in [0, 0.1) is 11.6 Å². The Morgan fingerprint density at radius 3 is 2.67 bits per heavy atom. The van der Waals surface area contributed by atoms with E-state index < -0.39 is 34.5 Å². The molecular formula is C19H14F5N3O2S. The number of rotatable bonds is 6. The van der Waals surface area contributed by atoms with Crippen LogP contribution in [0.2, 0.25) is 0 Å². The van der Waals surface area contributed by atoms with Crippen molar-refractivity contribution in [2.45, 2.75) is 24.1 Å². The van der Waals surface area contributed by atoms with E-state index in [-0.39, 0.29) is 28.7 Å². The van der Waals surface area contributed by atoms with Crippen molar-refractivity contribution in [1.29, 1.82) is 0 Å². The Labute approximate surface area is 171 Å². The number of halogens is 5. The number of thioether (sulfide) groups is 1. The lowest BCUT2D eigenvalue weighted by atomic mass is 10.1. The molecule has 0 radical (unpaired) electrons. The highest BCUT2D eigenvalue weighted by atomic mass is 32.2. The molecule has 5 nitrogen and oxygen atoms in total. The molecule has 158 valence electrons. The normalized spacial score (nSPS) is 12.6. The fourth-order valence-corrected chi connectivity index (χ4v) is 3.08. The van der Waals surface area contributed by atoms with E-state index in [0.717, 1.165) is 36.0 Å². The Balaban J connectivity index is 1.60. The molecule has 1 amide bonds. The van der Waals surface area contributed by atoms with Gasteiger partial charge in [-0.1, -0.05) is 17.3 Å². The number of anilines is 1. The summed E-state index contributed by atoms with van der Waals surface area (Å²) in [5, 5.41) is 5.36. The number of hydrogen-bond acceptors (Lipinski definition) is 5. The van der Waals surface area contributed by atoms with Gasteiger partial charge in [0.2, 0.25) is 17.6 Å². The van der Waals surface area contributed by atoms with Crippen LogP contribution < -0.4 is 5.32 Å². The van der Waals surface area contributed by atoms with E-state index in [4.69, 9.17) is 4.52 Å². The topological polar surface area (TPSA) is 68.0 Å². The summed E-state index contributed by atoms with van der Waals surface area (Å²) in [5.74, 6) is -1.98. The number of alkyl halides is 3. The molecule has 1 unspecified atom stereocenters. The molecule has 0 aliphatic carbocycles. The Hall–Kier alpha value is -2.95. The minimum atomic E-state index is -4.49. The average molecular weight is 443 g/mol. The van der Waals surface area contributed by atoms with Crippen LogP contribution >= 0.6 is 11.8 Å². The molecule has 30 heavy (non-hydrogen) atoms. The molecule has 0 fully saturated rings. The maximum atomic E-state index is 13.6. The van der Waals surface area contributed by atoms with Gasteiger partial charge in [0, 0.05) is 11.6 Å². The van der Waals surface area contributed by atoms with Gasteiger partial charge in [-0.25, -0.2) is 8.78 Å². The first-order chi connectivity index (χ1) is 14.1. The van der Waals surface area contributed by atoms with Crippen LogP contribution in [0.1, 0.15) is 18.4 Å². The van der Waals surface area contributed by atoms with Crippen molar-refractivity contribution in [2.75, 3.05) is 5.32 Å². The van der Waals surface area contributed by atoms with Crippen LogP contribution in [0.15, 0.2) is 47.0 Å². The van der Waals surface area contributed by atoms with Gasteiger partial charge in [-0.15, -0.1) is 11.8 Å². The van der Waals surface area contributed by atoms with E-state index in [1.165, 1.54) is 12.1 Å². The zero-order valence-electron chi connectivity index (χ0n) is 15.3. The summed E-state index contributed by atoms with van der Waals surface area (Å²) in [7, 11) is 0. The molecule has 0 saturated heterocycles. The largest absolute Gasteiger partial charge is 0.416 e. The van der Waals surface area contributed by atoms with Gasteiger partial charge in [-0.3, -0.25) is 4.79 Å². The van der Waals surface area contributed by atoms with Gasteiger partial charge in [0.1, 0.15) is 11.6 Å². The molecule has 1 heterocycles. The summed E-state index contributed by atoms with van der Waals surface area (Å²) < 4.78 is 70.1. The van der Waals surface area contributed by atoms with Gasteiger partial charge < -0.3 is 9.84 Å². The summed E-state index contributed by atoms with van der Waals surface area (Å²) in [6.45, 7) is 1.56. The van der Waals surface area contributed by atoms with Crippen molar-refractivity contribution in [1.82, 2.24) is 10.1 Å². The number of hydrogen-bond donors (Lipinski definition) is 1. The van der Waals surface area contributed by atoms with Gasteiger partial charge in [0.25, 0.3) is 0 Å². The van der Waals surface area contributed by atoms with Crippen LogP contribution in [-0.2, 0) is 16.7 Å². The van der Waals surface area contributed by atoms with Gasteiger partial charge in [0.05, 0.1) is 22.3 Å². The average Bonchev–Trinajstić information content (AvgIpc) is 3.16. The highest BCUT2D eigenvalue weighted by molar-refractivity contribution is 7.99. The highest BCUT2D eigenvalue weighted by Crippen LogP contribution is 2.31. The molecule has 1 aromatic heterocycles. The van der Waals surface area contributed by atoms with E-state index in [2.05, 4.69) is 15.5 Å². The van der Waals surface area contributed by atoms with E-state index >= 15 is 0 Å². The monoisotopic (exact) mass is 443 g/mol. The van der Waals surface area contributed by atoms with Crippen molar-refractivity contribution < 1.29 is 31.3 Å². The van der Waals surface area contributed by atoms with Gasteiger partial charge in [-0.05, 0) is 31.2 Å². The maximum absolute atomic E-state index is 13.6. The molecule has 0 aliphatic heterocycles. The summed E-state index contributed by atoms with van der Waals surface area (Å²) in [5.41, 5.74) is -0.847. The third-order valence-corrected chi connectivity index (χ3v) is 5.06. The fraction of sp³-hybridized carbons (Fsp3) is 0.211. The van der Waals surface area contributed by atoms with Gasteiger partial charge in [0.15, 0.2) is 0 Å². The summed E-state index contributed by atoms with van der Waals surface area (Å²) >= 11 is 1.10. The fourth-order valence-electron chi connectivity index (χ4n) is 2.36. The Kier molecular flexibility index (Phi) is 6.40. The zero-order valence-corrected chi connectivity index (χ0v) is 16.2. The Bertz CT molecular complexity index is 1050. The molecule has 1 atom stereocenters. The van der Waals surface area contributed by atoms with Crippen molar-refractivity contribution in [2.24, 2.45) is 0 Å². The first kappa shape index (κ1) is 21.8. The Morgan fingerprint density at radius 1 is 1.20 bits per heavy atom. The third-order valence-electron chi connectivity index (χ3n) is 3.93. The number of carbonyl (C=O) groups excluding carboxylic acids is 1. The second-order valence-corrected chi connectivity index (χ2v) is 7.49. The minimum Gasteiger partial charge on any atom is -0.338 e. The predicted octanol–water partition coefficient (Wildman–Crippen LogP) is 5.29. The van der Waals surface area contributed by atoms with Crippen molar-refractivity contribution >= 4 is 23.4 Å². The lowest BCUT2D eigenvalue weighted by molar-refractivity contribution is -0.137. The third kappa shape index (κ3) is 5.35. The molecule has 0 aliphatic rings. The molecule has 3 aromatic rings. The molecule has 2 aromatic carbocycles. The lowest BCUT2D eigenvalue weighted by Crippen LogP contribution is -2.23. The first-order valence-corrected chi connectivity index (χ1v) is 9.56. The zero-order chi connectivity index (χ0) is 21.9. The quantitative estimate of drug-likeness (QED) is 0.524. The second-order valence-electron chi connectivity index (χ2n) is 6.16. The van der Waals surface area contributed by atoms with E-state index in [0.29, 0.717) is 6.07 Å². The van der Waals surface area contributed by atoms with Crippen molar-refractivity contribution in [3.63, 3.8) is 0 Å². The van der Waals surface area contributed by atoms with E-state index in [1.54, 1.807) is 6.92 Å². The van der Waals surface area contributed by atoms with Crippen LogP contribution in [-0.4, -0.2) is 21.3 Å². The molecule has 0 saturated carbocycles. The van der Waals surface area contributed by atoms with Crippen molar-refractivity contribution in [3.8, 4) is 11.4 Å². The number of nitrogens with zero attached hydrogens (tertiary/aromatic N) is 2. The van der Waals surface area contributed by atoms with Gasteiger partial charge in [-0.2, -0.15) is 18.2 Å². The molecule has 11 heteroatoms. The number of benzene rings is 2. The van der Waals surface area contributed by atoms with Gasteiger partial charge >= 0.3 is 6.18 Å². The van der Waals surface area contributed by atoms with Crippen LogP contribution in [0.5, 0.6) is 0 Å². The van der Waals surface area contributed by atoms with Crippen LogP contribution in [0.3, 0.4) is 0 Å². The van der Waals surface area contributed by atoms with Crippen molar-refractivity contribution in [3.05, 3.63) is 65.6 Å². The first-order valence-electron chi connectivity index (χ1n) is 8.51. The standard InChI is InChI=1S/C19H14F5N3O2S/c1-10(18(28)25-15-6-5-13(20)8-14(15)21)30-9-16-26-17(27-29-16)11-3-2-4-12(7-11)19(22,23)24/h2-8,10H,9H2,1H3,(H,25,28). The minimum absolute atomic E-state index is 0.0119. The maximum Gasteiger partial charge on any atom is 0.416 e. The molecule has 3 rings (SSSR count). The number of aromatic nitrogens is 2. The molecule has 0 spiro atoms. The second kappa shape index (κ2) is 8.82. The summed E-state index contributed by atoms with van der Waals surface area (Å²) in [4.78, 5) is 16.2. The smallest absolute Gasteiger partial charge is 0.338 e. The van der Waals surface area contributed by atoms with Crippen LogP contribution in [0.4, 0.5) is 27.6 Å². The predicted molar refractivity (Wildman–Crippen MR) is 100 cm³/mol. The molecule has 0 bridgehead atoms. The number of carbonyl (C=O) groups is 1.